The number of hydrogen-bond donors (Lipinski definition) is 0. The van der Waals surface area contributed by atoms with E-state index in [0.717, 1.165) is 52.0 Å². The Hall–Kier alpha value is -2.32. The molecule has 0 aliphatic carbocycles. The van der Waals surface area contributed by atoms with Crippen LogP contribution in [-0.4, -0.2) is 81.9 Å². The van der Waals surface area contributed by atoms with Crippen LogP contribution >= 0.6 is 0 Å². The number of hydrogen-bond acceptors (Lipinski definition) is 6. The maximum Gasteiger partial charge on any atom is 0.225 e. The van der Waals surface area contributed by atoms with Gasteiger partial charge in [-0.1, -0.05) is 30.3 Å². The minimum Gasteiger partial charge on any atom is -0.381 e. The molecule has 4 rings (SSSR count). The van der Waals surface area contributed by atoms with Gasteiger partial charge < -0.3 is 9.64 Å². The van der Waals surface area contributed by atoms with E-state index in [0.29, 0.717) is 19.6 Å². The lowest BCUT2D eigenvalue weighted by Gasteiger charge is -2.39. The summed E-state index contributed by atoms with van der Waals surface area (Å²) >= 11 is 0. The van der Waals surface area contributed by atoms with Gasteiger partial charge in [0, 0.05) is 45.9 Å². The molecule has 1 aromatic carbocycles. The first-order chi connectivity index (χ1) is 13.8. The fourth-order valence-corrected chi connectivity index (χ4v) is 4.16. The first kappa shape index (κ1) is 19.0. The largest absolute Gasteiger partial charge is 0.381 e. The van der Waals surface area contributed by atoms with Crippen molar-refractivity contribution in [2.24, 2.45) is 0 Å². The van der Waals surface area contributed by atoms with E-state index in [4.69, 9.17) is 4.74 Å². The number of piperazine rings is 1. The van der Waals surface area contributed by atoms with Crippen LogP contribution in [0.4, 0.5) is 0 Å². The summed E-state index contributed by atoms with van der Waals surface area (Å²) in [6, 6.07) is 10.6. The van der Waals surface area contributed by atoms with Crippen LogP contribution in [0.25, 0.3) is 0 Å². The summed E-state index contributed by atoms with van der Waals surface area (Å²) in [4.78, 5) is 17.5. The average Bonchev–Trinajstić information content (AvgIpc) is 3.30. The Labute approximate surface area is 165 Å². The fourth-order valence-electron chi connectivity index (χ4n) is 4.16. The van der Waals surface area contributed by atoms with E-state index in [1.165, 1.54) is 5.56 Å². The van der Waals surface area contributed by atoms with Gasteiger partial charge in [0.05, 0.1) is 12.0 Å². The smallest absolute Gasteiger partial charge is 0.225 e. The second-order valence-electron chi connectivity index (χ2n) is 7.73. The highest BCUT2D eigenvalue weighted by Gasteiger charge is 2.39. The number of carbonyl (C=O) groups excluding carboxylic acids is 1. The molecule has 0 atom stereocenters. The molecule has 2 aliphatic heterocycles. The molecule has 2 saturated heterocycles. The average molecular weight is 384 g/mol. The maximum atomic E-state index is 13.0. The summed E-state index contributed by atoms with van der Waals surface area (Å²) in [5.74, 6) is 0.195. The van der Waals surface area contributed by atoms with Crippen LogP contribution in [0, 0.1) is 0 Å². The van der Waals surface area contributed by atoms with Gasteiger partial charge in [0.15, 0.2) is 0 Å². The van der Waals surface area contributed by atoms with Crippen molar-refractivity contribution in [2.75, 3.05) is 45.9 Å². The van der Waals surface area contributed by atoms with E-state index in [2.05, 4.69) is 50.8 Å². The Morgan fingerprint density at radius 1 is 1.07 bits per heavy atom. The van der Waals surface area contributed by atoms with Gasteiger partial charge in [0.25, 0.3) is 0 Å². The highest BCUT2D eigenvalue weighted by molar-refractivity contribution is 5.77. The van der Waals surface area contributed by atoms with Gasteiger partial charge in [-0.05, 0) is 35.3 Å². The Morgan fingerprint density at radius 3 is 2.50 bits per heavy atom. The van der Waals surface area contributed by atoms with Crippen molar-refractivity contribution < 1.29 is 9.53 Å². The number of aromatic nitrogens is 4. The minimum atomic E-state index is -0.358. The van der Waals surface area contributed by atoms with Gasteiger partial charge in [0.1, 0.15) is 6.33 Å². The van der Waals surface area contributed by atoms with Crippen molar-refractivity contribution in [3.63, 3.8) is 0 Å². The van der Waals surface area contributed by atoms with E-state index >= 15 is 0 Å². The fraction of sp³-hybridized carbons (Fsp3) is 0.600. The first-order valence-electron chi connectivity index (χ1n) is 10.1. The van der Waals surface area contributed by atoms with Crippen LogP contribution in [0.3, 0.4) is 0 Å². The van der Waals surface area contributed by atoms with Gasteiger partial charge in [-0.3, -0.25) is 9.69 Å². The number of carbonyl (C=O) groups is 1. The van der Waals surface area contributed by atoms with Crippen LogP contribution in [-0.2, 0) is 21.5 Å². The highest BCUT2D eigenvalue weighted by Crippen LogP contribution is 2.32. The zero-order valence-corrected chi connectivity index (χ0v) is 16.2. The summed E-state index contributed by atoms with van der Waals surface area (Å²) in [7, 11) is 0. The molecule has 0 N–H and O–H groups in total. The number of ether oxygens (including phenoxy) is 1. The second-order valence-corrected chi connectivity index (χ2v) is 7.73. The first-order valence-corrected chi connectivity index (χ1v) is 10.1. The van der Waals surface area contributed by atoms with Crippen LogP contribution in [0.2, 0.25) is 0 Å². The molecule has 1 amide bonds. The Bertz CT molecular complexity index is 737. The normalized spacial score (nSPS) is 20.2. The predicted molar refractivity (Wildman–Crippen MR) is 104 cm³/mol. The zero-order valence-electron chi connectivity index (χ0n) is 16.2. The topological polar surface area (TPSA) is 76.4 Å². The van der Waals surface area contributed by atoms with Crippen LogP contribution < -0.4 is 0 Å². The van der Waals surface area contributed by atoms with E-state index in [9.17, 15) is 4.79 Å². The van der Waals surface area contributed by atoms with Gasteiger partial charge in [0.2, 0.25) is 5.91 Å². The Kier molecular flexibility index (Phi) is 5.97. The lowest BCUT2D eigenvalue weighted by atomic mass is 9.86. The van der Waals surface area contributed by atoms with Gasteiger partial charge in [-0.25, -0.2) is 4.68 Å². The number of amides is 1. The Balaban J connectivity index is 1.30. The molecule has 150 valence electrons. The molecule has 8 nitrogen and oxygen atoms in total. The summed E-state index contributed by atoms with van der Waals surface area (Å²) in [6.45, 7) is 5.75. The van der Waals surface area contributed by atoms with E-state index in [1.807, 2.05) is 4.90 Å². The quantitative estimate of drug-likeness (QED) is 0.738. The molecule has 2 aromatic rings. The molecule has 0 saturated carbocycles. The summed E-state index contributed by atoms with van der Waals surface area (Å²) in [6.07, 6.45) is 4.64. The molecule has 3 heterocycles. The maximum absolute atomic E-state index is 13.0. The SMILES string of the molecule is O=C(CC1(n2cnnn2)CCOCC1)N1CCN(CCc2ccccc2)CC1. The third kappa shape index (κ3) is 4.39. The van der Waals surface area contributed by atoms with Gasteiger partial charge in [-0.15, -0.1) is 5.10 Å². The van der Waals surface area contributed by atoms with Crippen molar-refractivity contribution >= 4 is 5.91 Å². The van der Waals surface area contributed by atoms with Crippen LogP contribution in [0.15, 0.2) is 36.7 Å². The van der Waals surface area contributed by atoms with Gasteiger partial charge in [-0.2, -0.15) is 0 Å². The predicted octanol–water partition coefficient (Wildman–Crippen LogP) is 0.956. The van der Waals surface area contributed by atoms with E-state index in [1.54, 1.807) is 11.0 Å². The molecular weight excluding hydrogens is 356 g/mol. The molecule has 0 unspecified atom stereocenters. The second kappa shape index (κ2) is 8.79. The van der Waals surface area contributed by atoms with Crippen molar-refractivity contribution in [1.29, 1.82) is 0 Å². The summed E-state index contributed by atoms with van der Waals surface area (Å²) in [5.41, 5.74) is 1.01. The molecule has 28 heavy (non-hydrogen) atoms. The Morgan fingerprint density at radius 2 is 1.82 bits per heavy atom. The highest BCUT2D eigenvalue weighted by atomic mass is 16.5. The molecular formula is C20H28N6O2. The standard InChI is InChI=1S/C20H28N6O2/c27-19(16-20(7-14-28-15-8-20)26-17-21-22-23-26)25-12-10-24(11-13-25)9-6-18-4-2-1-3-5-18/h1-5,17H,6-16H2. The third-order valence-electron chi connectivity index (χ3n) is 6.02. The zero-order chi connectivity index (χ0) is 19.2. The number of rotatable bonds is 6. The molecule has 8 heteroatoms. The molecule has 0 spiro atoms. The summed E-state index contributed by atoms with van der Waals surface area (Å²) in [5, 5.41) is 11.7. The molecule has 1 aromatic heterocycles. The molecule has 0 radical (unpaired) electrons. The lowest BCUT2D eigenvalue weighted by molar-refractivity contribution is -0.137. The summed E-state index contributed by atoms with van der Waals surface area (Å²) < 4.78 is 7.28. The van der Waals surface area contributed by atoms with Crippen molar-refractivity contribution in [3.8, 4) is 0 Å². The van der Waals surface area contributed by atoms with Crippen molar-refractivity contribution in [1.82, 2.24) is 30.0 Å². The number of benzene rings is 1. The van der Waals surface area contributed by atoms with E-state index in [-0.39, 0.29) is 11.4 Å². The number of tetrazole rings is 1. The lowest BCUT2D eigenvalue weighted by Crippen LogP contribution is -2.51. The monoisotopic (exact) mass is 384 g/mol. The van der Waals surface area contributed by atoms with Crippen molar-refractivity contribution in [2.45, 2.75) is 31.2 Å². The van der Waals surface area contributed by atoms with Crippen LogP contribution in [0.1, 0.15) is 24.8 Å². The van der Waals surface area contributed by atoms with Crippen LogP contribution in [0.5, 0.6) is 0 Å². The molecule has 2 aliphatic rings. The van der Waals surface area contributed by atoms with Crippen molar-refractivity contribution in [3.05, 3.63) is 42.2 Å². The number of nitrogens with zero attached hydrogens (tertiary/aromatic N) is 6. The van der Waals surface area contributed by atoms with E-state index < -0.39 is 0 Å². The van der Waals surface area contributed by atoms with Gasteiger partial charge >= 0.3 is 0 Å². The molecule has 0 bridgehead atoms. The third-order valence-corrected chi connectivity index (χ3v) is 6.02. The minimum absolute atomic E-state index is 0.195. The molecule has 2 fully saturated rings.